The maximum Gasteiger partial charge on any atom is 0.256 e. The van der Waals surface area contributed by atoms with Gasteiger partial charge in [-0.25, -0.2) is 9.37 Å². The highest BCUT2D eigenvalue weighted by Crippen LogP contribution is 2.26. The molecule has 32 heavy (non-hydrogen) atoms. The van der Waals surface area contributed by atoms with Crippen molar-refractivity contribution in [3.63, 3.8) is 0 Å². The van der Waals surface area contributed by atoms with Crippen LogP contribution in [0.4, 0.5) is 10.1 Å². The van der Waals surface area contributed by atoms with Gasteiger partial charge in [-0.05, 0) is 49.7 Å². The van der Waals surface area contributed by atoms with Crippen LogP contribution in [0.5, 0.6) is 5.88 Å². The molecular weight excluding hydrogens is 409 g/mol. The zero-order chi connectivity index (χ0) is 22.8. The van der Waals surface area contributed by atoms with Gasteiger partial charge in [-0.2, -0.15) is 10.4 Å². The second-order valence-electron chi connectivity index (χ2n) is 7.34. The first-order valence-corrected chi connectivity index (χ1v) is 9.88. The molecule has 0 aliphatic carbocycles. The van der Waals surface area contributed by atoms with Gasteiger partial charge in [0.1, 0.15) is 5.82 Å². The molecule has 0 radical (unpaired) electrons. The Bertz CT molecular complexity index is 1370. The van der Waals surface area contributed by atoms with Crippen LogP contribution in [0.25, 0.3) is 10.9 Å². The Morgan fingerprint density at radius 1 is 1.19 bits per heavy atom. The fourth-order valence-electron chi connectivity index (χ4n) is 3.54. The van der Waals surface area contributed by atoms with Gasteiger partial charge in [0.25, 0.3) is 5.91 Å². The lowest BCUT2D eigenvalue weighted by Crippen LogP contribution is -2.14. The molecule has 0 fully saturated rings. The van der Waals surface area contributed by atoms with E-state index in [2.05, 4.69) is 21.5 Å². The van der Waals surface area contributed by atoms with E-state index in [1.54, 1.807) is 16.8 Å². The molecule has 8 heteroatoms. The third-order valence-corrected chi connectivity index (χ3v) is 5.24. The molecule has 7 nitrogen and oxygen atoms in total. The maximum atomic E-state index is 13.9. The molecule has 0 atom stereocenters. The fourth-order valence-corrected chi connectivity index (χ4v) is 3.54. The smallest absolute Gasteiger partial charge is 0.256 e. The summed E-state index contributed by atoms with van der Waals surface area (Å²) in [5.74, 6) is -0.606. The molecule has 4 rings (SSSR count). The van der Waals surface area contributed by atoms with E-state index >= 15 is 0 Å². The van der Waals surface area contributed by atoms with Crippen LogP contribution in [0.2, 0.25) is 0 Å². The minimum absolute atomic E-state index is 0.255. The first-order valence-electron chi connectivity index (χ1n) is 9.88. The summed E-state index contributed by atoms with van der Waals surface area (Å²) in [6, 6.07) is 14.9. The predicted molar refractivity (Wildman–Crippen MR) is 118 cm³/mol. The zero-order valence-corrected chi connectivity index (χ0v) is 17.8. The molecule has 0 aliphatic heterocycles. The summed E-state index contributed by atoms with van der Waals surface area (Å²) >= 11 is 0. The van der Waals surface area contributed by atoms with Gasteiger partial charge in [0.05, 0.1) is 53.4 Å². The lowest BCUT2D eigenvalue weighted by Gasteiger charge is -2.11. The number of nitrogens with zero attached hydrogens (tertiary/aromatic N) is 4. The van der Waals surface area contributed by atoms with Crippen molar-refractivity contribution in [2.75, 3.05) is 12.4 Å². The highest BCUT2D eigenvalue weighted by atomic mass is 19.1. The number of carbonyl (C=O) groups is 1. The van der Waals surface area contributed by atoms with Gasteiger partial charge in [-0.3, -0.25) is 9.48 Å². The second kappa shape index (κ2) is 8.47. The van der Waals surface area contributed by atoms with Crippen molar-refractivity contribution in [3.05, 3.63) is 82.4 Å². The molecule has 0 bridgehead atoms. The van der Waals surface area contributed by atoms with Crippen LogP contribution < -0.4 is 10.1 Å². The largest absolute Gasteiger partial charge is 0.481 e. The van der Waals surface area contributed by atoms with E-state index in [0.717, 1.165) is 11.3 Å². The van der Waals surface area contributed by atoms with Crippen molar-refractivity contribution in [3.8, 4) is 11.9 Å². The van der Waals surface area contributed by atoms with Crippen molar-refractivity contribution in [1.82, 2.24) is 14.8 Å². The fraction of sp³-hybridized carbons (Fsp3) is 0.167. The van der Waals surface area contributed by atoms with E-state index in [9.17, 15) is 9.18 Å². The predicted octanol–water partition coefficient (Wildman–Crippen LogP) is 4.37. The molecule has 4 aromatic rings. The van der Waals surface area contributed by atoms with E-state index in [0.29, 0.717) is 34.4 Å². The van der Waals surface area contributed by atoms with Crippen LogP contribution >= 0.6 is 0 Å². The van der Waals surface area contributed by atoms with E-state index in [1.165, 1.54) is 31.4 Å². The zero-order valence-electron chi connectivity index (χ0n) is 17.8. The van der Waals surface area contributed by atoms with Crippen LogP contribution in [-0.4, -0.2) is 27.8 Å². The van der Waals surface area contributed by atoms with Gasteiger partial charge in [-0.15, -0.1) is 0 Å². The van der Waals surface area contributed by atoms with Crippen molar-refractivity contribution in [2.45, 2.75) is 20.4 Å². The quantitative estimate of drug-likeness (QED) is 0.509. The molecule has 0 aliphatic rings. The Morgan fingerprint density at radius 2 is 1.94 bits per heavy atom. The molecule has 0 spiro atoms. The number of benzene rings is 2. The number of hydrogen-bond donors (Lipinski definition) is 1. The highest BCUT2D eigenvalue weighted by Gasteiger charge is 2.19. The number of anilines is 1. The first-order chi connectivity index (χ1) is 15.4. The van der Waals surface area contributed by atoms with Crippen LogP contribution in [0, 0.1) is 31.0 Å². The molecule has 0 saturated carbocycles. The number of hydrogen-bond acceptors (Lipinski definition) is 5. The Labute approximate surface area is 184 Å². The number of aromatic nitrogens is 3. The van der Waals surface area contributed by atoms with Crippen LogP contribution in [0.15, 0.2) is 48.5 Å². The van der Waals surface area contributed by atoms with Crippen molar-refractivity contribution in [1.29, 1.82) is 5.26 Å². The van der Waals surface area contributed by atoms with Crippen LogP contribution in [-0.2, 0) is 6.54 Å². The molecule has 1 amide bonds. The molecule has 2 aromatic heterocycles. The summed E-state index contributed by atoms with van der Waals surface area (Å²) in [7, 11) is 1.46. The number of fused-ring (bicyclic) bond motifs is 1. The van der Waals surface area contributed by atoms with Gasteiger partial charge in [0.15, 0.2) is 0 Å². The Kier molecular flexibility index (Phi) is 5.56. The van der Waals surface area contributed by atoms with Gasteiger partial charge in [-0.1, -0.05) is 12.1 Å². The summed E-state index contributed by atoms with van der Waals surface area (Å²) in [6.07, 6.45) is 0. The van der Waals surface area contributed by atoms with Gasteiger partial charge in [0.2, 0.25) is 5.88 Å². The summed E-state index contributed by atoms with van der Waals surface area (Å²) < 4.78 is 20.8. The number of aryl methyl sites for hydroxylation is 1. The van der Waals surface area contributed by atoms with E-state index < -0.39 is 11.7 Å². The third-order valence-electron chi connectivity index (χ3n) is 5.24. The normalized spacial score (nSPS) is 10.7. The maximum absolute atomic E-state index is 13.9. The molecule has 2 heterocycles. The van der Waals surface area contributed by atoms with Crippen LogP contribution in [0.1, 0.15) is 32.9 Å². The first kappa shape index (κ1) is 21.0. The van der Waals surface area contributed by atoms with Crippen LogP contribution in [0.3, 0.4) is 0 Å². The molecule has 0 unspecified atom stereocenters. The lowest BCUT2D eigenvalue weighted by atomic mass is 10.1. The molecule has 0 saturated heterocycles. The van der Waals surface area contributed by atoms with E-state index in [4.69, 9.17) is 10.00 Å². The molecule has 2 aromatic carbocycles. The van der Waals surface area contributed by atoms with Crippen molar-refractivity contribution >= 4 is 22.5 Å². The Morgan fingerprint density at radius 3 is 2.62 bits per heavy atom. The van der Waals surface area contributed by atoms with Gasteiger partial charge < -0.3 is 10.1 Å². The standard InChI is InChI=1S/C24H20FN5O2/c1-14-23(15(2)30(29-14)13-17-6-4-16(12-26)5-7-17)28-24(31)20-11-22(32-3)27-21-9-8-18(25)10-19(20)21/h4-11H,13H2,1-3H3,(H,28,31). The Hall–Kier alpha value is -4.25. The minimum atomic E-state index is -0.457. The number of nitrogens with one attached hydrogen (secondary N) is 1. The summed E-state index contributed by atoms with van der Waals surface area (Å²) in [6.45, 7) is 4.17. The number of ether oxygens (including phenoxy) is 1. The van der Waals surface area contributed by atoms with E-state index in [1.807, 2.05) is 26.0 Å². The third kappa shape index (κ3) is 4.01. The number of methoxy groups -OCH3 is 1. The van der Waals surface area contributed by atoms with Gasteiger partial charge >= 0.3 is 0 Å². The summed E-state index contributed by atoms with van der Waals surface area (Å²) in [5, 5.41) is 16.8. The monoisotopic (exact) mass is 429 g/mol. The number of carbonyl (C=O) groups excluding carboxylic acids is 1. The number of nitriles is 1. The second-order valence-corrected chi connectivity index (χ2v) is 7.34. The number of pyridine rings is 1. The SMILES string of the molecule is COc1cc(C(=O)Nc2c(C)nn(Cc3ccc(C#N)cc3)c2C)c2cc(F)ccc2n1. The van der Waals surface area contributed by atoms with Gasteiger partial charge in [0, 0.05) is 11.5 Å². The summed E-state index contributed by atoms with van der Waals surface area (Å²) in [4.78, 5) is 17.4. The average Bonchev–Trinajstić information content (AvgIpc) is 3.06. The molecular formula is C24H20FN5O2. The highest BCUT2D eigenvalue weighted by molar-refractivity contribution is 6.13. The number of rotatable bonds is 5. The average molecular weight is 429 g/mol. The Balaban J connectivity index is 1.65. The number of amides is 1. The van der Waals surface area contributed by atoms with E-state index in [-0.39, 0.29) is 11.4 Å². The number of halogens is 1. The van der Waals surface area contributed by atoms with Crippen molar-refractivity contribution < 1.29 is 13.9 Å². The molecule has 160 valence electrons. The minimum Gasteiger partial charge on any atom is -0.481 e. The molecule has 1 N–H and O–H groups in total. The summed E-state index contributed by atoms with van der Waals surface area (Å²) in [5.41, 5.74) is 4.30. The van der Waals surface area contributed by atoms with Crippen molar-refractivity contribution in [2.24, 2.45) is 0 Å². The lowest BCUT2D eigenvalue weighted by molar-refractivity contribution is 0.102. The topological polar surface area (TPSA) is 92.8 Å².